The van der Waals surface area contributed by atoms with E-state index in [4.69, 9.17) is 9.84 Å². The Morgan fingerprint density at radius 2 is 1.96 bits per heavy atom. The molecule has 1 N–H and O–H groups in total. The summed E-state index contributed by atoms with van der Waals surface area (Å²) < 4.78 is 8.51. The summed E-state index contributed by atoms with van der Waals surface area (Å²) >= 11 is 1.74. The molecular formula is C22H24N4OS. The highest BCUT2D eigenvalue weighted by Crippen LogP contribution is 2.35. The topological polar surface area (TPSA) is 51.5 Å². The predicted molar refractivity (Wildman–Crippen MR) is 115 cm³/mol. The molecule has 0 aliphatic heterocycles. The van der Waals surface area contributed by atoms with Crippen LogP contribution in [0.25, 0.3) is 26.3 Å². The summed E-state index contributed by atoms with van der Waals surface area (Å²) in [5.74, 6) is 2.65. The fourth-order valence-electron chi connectivity index (χ4n) is 4.00. The summed E-state index contributed by atoms with van der Waals surface area (Å²) in [6, 6.07) is 13.0. The number of nitrogens with zero attached hydrogens (tertiary/aromatic N) is 3. The van der Waals surface area contributed by atoms with Crippen molar-refractivity contribution in [2.24, 2.45) is 5.92 Å². The molecular weight excluding hydrogens is 368 g/mol. The first-order chi connectivity index (χ1) is 13.7. The maximum absolute atomic E-state index is 5.36. The van der Waals surface area contributed by atoms with Crippen molar-refractivity contribution >= 4 is 32.9 Å². The van der Waals surface area contributed by atoms with E-state index in [1.54, 1.807) is 18.4 Å². The number of benzene rings is 1. The third-order valence-electron chi connectivity index (χ3n) is 5.71. The van der Waals surface area contributed by atoms with Gasteiger partial charge in [0.05, 0.1) is 18.2 Å². The van der Waals surface area contributed by atoms with Gasteiger partial charge in [0.25, 0.3) is 0 Å². The molecule has 0 unspecified atom stereocenters. The van der Waals surface area contributed by atoms with Gasteiger partial charge in [-0.15, -0.1) is 16.4 Å². The molecule has 1 saturated carbocycles. The third-order valence-corrected chi connectivity index (χ3v) is 6.83. The van der Waals surface area contributed by atoms with Crippen molar-refractivity contribution < 1.29 is 4.74 Å². The van der Waals surface area contributed by atoms with E-state index in [2.05, 4.69) is 35.4 Å². The predicted octanol–water partition coefficient (Wildman–Crippen LogP) is 5.61. The lowest BCUT2D eigenvalue weighted by Crippen LogP contribution is -2.25. The molecule has 0 atom stereocenters. The number of imidazole rings is 1. The average molecular weight is 393 g/mol. The number of hydrogen-bond acceptors (Lipinski definition) is 5. The van der Waals surface area contributed by atoms with Gasteiger partial charge in [0.2, 0.25) is 0 Å². The molecule has 4 aromatic rings. The number of aromatic nitrogens is 3. The molecule has 5 nitrogen and oxygen atoms in total. The number of hydrogen-bond donors (Lipinski definition) is 1. The van der Waals surface area contributed by atoms with Crippen LogP contribution in [0.1, 0.15) is 32.6 Å². The van der Waals surface area contributed by atoms with Gasteiger partial charge in [-0.2, -0.15) is 0 Å². The number of anilines is 1. The summed E-state index contributed by atoms with van der Waals surface area (Å²) in [5, 5.41) is 9.69. The van der Waals surface area contributed by atoms with Crippen molar-refractivity contribution in [3.63, 3.8) is 0 Å². The van der Waals surface area contributed by atoms with Gasteiger partial charge >= 0.3 is 0 Å². The standard InChI is InChI=1S/C22H24N4OS/c1-14-3-6-16(7-4-14)24-21-9-10-22-23-13-18(26(22)25-21)20-11-15-5-8-17(27-2)12-19(15)28-20/h5,8-14,16H,3-4,6-7H2,1-2H3,(H,24,25). The summed E-state index contributed by atoms with van der Waals surface area (Å²) in [7, 11) is 1.70. The van der Waals surface area contributed by atoms with Crippen molar-refractivity contribution in [3.05, 3.63) is 42.6 Å². The van der Waals surface area contributed by atoms with E-state index in [0.29, 0.717) is 6.04 Å². The van der Waals surface area contributed by atoms with E-state index < -0.39 is 0 Å². The van der Waals surface area contributed by atoms with Gasteiger partial charge < -0.3 is 10.1 Å². The number of ether oxygens (including phenoxy) is 1. The fraction of sp³-hybridized carbons (Fsp3) is 0.364. The van der Waals surface area contributed by atoms with Gasteiger partial charge in [-0.3, -0.25) is 0 Å². The number of fused-ring (bicyclic) bond motifs is 2. The van der Waals surface area contributed by atoms with E-state index >= 15 is 0 Å². The van der Waals surface area contributed by atoms with Gasteiger partial charge in [0.15, 0.2) is 5.65 Å². The van der Waals surface area contributed by atoms with Crippen LogP contribution in [0.2, 0.25) is 0 Å². The normalized spacial score (nSPS) is 19.9. The second kappa shape index (κ2) is 7.09. The highest BCUT2D eigenvalue weighted by molar-refractivity contribution is 7.22. The zero-order valence-corrected chi connectivity index (χ0v) is 17.0. The number of thiophene rings is 1. The zero-order chi connectivity index (χ0) is 19.1. The van der Waals surface area contributed by atoms with E-state index in [1.165, 1.54) is 35.8 Å². The lowest BCUT2D eigenvalue weighted by molar-refractivity contribution is 0.360. The van der Waals surface area contributed by atoms with Crippen LogP contribution in [0.4, 0.5) is 5.82 Å². The van der Waals surface area contributed by atoms with Crippen molar-refractivity contribution in [2.75, 3.05) is 12.4 Å². The maximum Gasteiger partial charge on any atom is 0.154 e. The third kappa shape index (κ3) is 3.22. The van der Waals surface area contributed by atoms with Crippen LogP contribution in [0.5, 0.6) is 5.75 Å². The Morgan fingerprint density at radius 3 is 2.79 bits per heavy atom. The molecule has 0 saturated heterocycles. The van der Waals surface area contributed by atoms with Crippen LogP contribution in [0, 0.1) is 5.92 Å². The molecule has 0 bridgehead atoms. The summed E-state index contributed by atoms with van der Waals surface area (Å²) in [5.41, 5.74) is 1.89. The molecule has 1 aromatic carbocycles. The number of rotatable bonds is 4. The molecule has 28 heavy (non-hydrogen) atoms. The fourth-order valence-corrected chi connectivity index (χ4v) is 5.08. The van der Waals surface area contributed by atoms with Crippen LogP contribution >= 0.6 is 11.3 Å². The van der Waals surface area contributed by atoms with E-state index in [-0.39, 0.29) is 0 Å². The lowest BCUT2D eigenvalue weighted by atomic mass is 9.87. The van der Waals surface area contributed by atoms with Gasteiger partial charge in [0.1, 0.15) is 17.3 Å². The Kier molecular flexibility index (Phi) is 4.43. The van der Waals surface area contributed by atoms with Crippen molar-refractivity contribution in [1.29, 1.82) is 0 Å². The average Bonchev–Trinajstić information content (AvgIpc) is 3.32. The first-order valence-corrected chi connectivity index (χ1v) is 10.7. The Balaban J connectivity index is 1.48. The number of methoxy groups -OCH3 is 1. The molecule has 1 fully saturated rings. The Hall–Kier alpha value is -2.60. The largest absolute Gasteiger partial charge is 0.497 e. The molecule has 0 spiro atoms. The minimum absolute atomic E-state index is 0.518. The molecule has 0 radical (unpaired) electrons. The highest BCUT2D eigenvalue weighted by atomic mass is 32.1. The molecule has 3 heterocycles. The second-order valence-corrected chi connectivity index (χ2v) is 8.83. The molecule has 3 aromatic heterocycles. The van der Waals surface area contributed by atoms with E-state index in [9.17, 15) is 0 Å². The quantitative estimate of drug-likeness (QED) is 0.490. The minimum Gasteiger partial charge on any atom is -0.497 e. The van der Waals surface area contributed by atoms with Crippen molar-refractivity contribution in [1.82, 2.24) is 14.6 Å². The first-order valence-electron chi connectivity index (χ1n) is 9.89. The lowest BCUT2D eigenvalue weighted by Gasteiger charge is -2.27. The van der Waals surface area contributed by atoms with E-state index in [0.717, 1.165) is 33.7 Å². The van der Waals surface area contributed by atoms with Crippen molar-refractivity contribution in [2.45, 2.75) is 38.6 Å². The summed E-state index contributed by atoms with van der Waals surface area (Å²) in [4.78, 5) is 5.71. The Morgan fingerprint density at radius 1 is 1.11 bits per heavy atom. The summed E-state index contributed by atoms with van der Waals surface area (Å²) in [6.07, 6.45) is 6.94. The SMILES string of the molecule is COc1ccc2cc(-c3cnc4ccc(NC5CCC(C)CC5)nn34)sc2c1. The first kappa shape index (κ1) is 17.5. The molecule has 5 rings (SSSR count). The second-order valence-electron chi connectivity index (χ2n) is 7.75. The van der Waals surface area contributed by atoms with Crippen molar-refractivity contribution in [3.8, 4) is 16.3 Å². The molecule has 144 valence electrons. The smallest absolute Gasteiger partial charge is 0.154 e. The van der Waals surface area contributed by atoms with Gasteiger partial charge in [-0.05, 0) is 73.4 Å². The molecule has 1 aliphatic carbocycles. The van der Waals surface area contributed by atoms with Gasteiger partial charge in [-0.1, -0.05) is 6.92 Å². The minimum atomic E-state index is 0.518. The zero-order valence-electron chi connectivity index (χ0n) is 16.2. The van der Waals surface area contributed by atoms with E-state index in [1.807, 2.05) is 28.9 Å². The van der Waals surface area contributed by atoms with Gasteiger partial charge in [-0.25, -0.2) is 9.50 Å². The van der Waals surface area contributed by atoms with Gasteiger partial charge in [0, 0.05) is 10.7 Å². The Bertz CT molecular complexity index is 1120. The van der Waals surface area contributed by atoms with Crippen LogP contribution in [-0.2, 0) is 0 Å². The Labute approximate surface area is 168 Å². The number of nitrogens with one attached hydrogen (secondary N) is 1. The van der Waals surface area contributed by atoms with Crippen LogP contribution in [0.15, 0.2) is 42.6 Å². The molecule has 1 aliphatic rings. The van der Waals surface area contributed by atoms with Crippen LogP contribution < -0.4 is 10.1 Å². The van der Waals surface area contributed by atoms with Crippen LogP contribution in [0.3, 0.4) is 0 Å². The highest BCUT2D eigenvalue weighted by Gasteiger charge is 2.19. The maximum atomic E-state index is 5.36. The van der Waals surface area contributed by atoms with Crippen LogP contribution in [-0.4, -0.2) is 27.7 Å². The summed E-state index contributed by atoms with van der Waals surface area (Å²) in [6.45, 7) is 2.35. The molecule has 0 amide bonds. The monoisotopic (exact) mass is 392 g/mol. The molecule has 6 heteroatoms.